The van der Waals surface area contributed by atoms with Crippen LogP contribution in [-0.4, -0.2) is 33.7 Å². The summed E-state index contributed by atoms with van der Waals surface area (Å²) in [5, 5.41) is 7.03. The van der Waals surface area contributed by atoms with Crippen LogP contribution in [0.4, 0.5) is 4.39 Å². The third-order valence-electron chi connectivity index (χ3n) is 4.81. The first-order valence-electron chi connectivity index (χ1n) is 9.43. The molecule has 31 heavy (non-hydrogen) atoms. The minimum Gasteiger partial charge on any atom is -0.497 e. The number of ether oxygens (including phenoxy) is 1. The van der Waals surface area contributed by atoms with E-state index in [9.17, 15) is 14.0 Å². The van der Waals surface area contributed by atoms with Crippen molar-refractivity contribution >= 4 is 23.0 Å². The zero-order valence-electron chi connectivity index (χ0n) is 16.5. The van der Waals surface area contributed by atoms with Crippen molar-refractivity contribution in [3.05, 3.63) is 87.7 Å². The second-order valence-electron chi connectivity index (χ2n) is 6.77. The van der Waals surface area contributed by atoms with Gasteiger partial charge in [-0.05, 0) is 48.5 Å². The predicted octanol–water partition coefficient (Wildman–Crippen LogP) is 3.39. The van der Waals surface area contributed by atoms with E-state index in [2.05, 4.69) is 10.4 Å². The first-order chi connectivity index (χ1) is 15.0. The molecule has 0 spiro atoms. The van der Waals surface area contributed by atoms with Crippen LogP contribution in [0.1, 0.15) is 10.4 Å². The highest BCUT2D eigenvalue weighted by molar-refractivity contribution is 6.31. The third-order valence-corrected chi connectivity index (χ3v) is 5.10. The van der Waals surface area contributed by atoms with Crippen LogP contribution in [-0.2, 0) is 6.54 Å². The number of benzene rings is 2. The number of halogens is 2. The summed E-state index contributed by atoms with van der Waals surface area (Å²) in [7, 11) is 1.60. The van der Waals surface area contributed by atoms with E-state index in [4.69, 9.17) is 16.3 Å². The summed E-state index contributed by atoms with van der Waals surface area (Å²) in [6.07, 6.45) is 3.30. The molecule has 4 aromatic rings. The fourth-order valence-corrected chi connectivity index (χ4v) is 3.32. The molecule has 0 fully saturated rings. The van der Waals surface area contributed by atoms with Gasteiger partial charge in [0, 0.05) is 36.6 Å². The second-order valence-corrected chi connectivity index (χ2v) is 7.18. The van der Waals surface area contributed by atoms with Crippen LogP contribution in [0.2, 0.25) is 5.02 Å². The number of hydrogen-bond acceptors (Lipinski definition) is 4. The first kappa shape index (κ1) is 20.6. The molecular formula is C22H18ClFN4O3. The Labute approximate surface area is 181 Å². The summed E-state index contributed by atoms with van der Waals surface area (Å²) < 4.78 is 21.4. The first-order valence-corrected chi connectivity index (χ1v) is 9.80. The SMILES string of the molecule is COc1ccc(-c2cc3c(=O)n(CCNC(=O)c4ccc(F)c(Cl)c4)ccn3n2)cc1. The van der Waals surface area contributed by atoms with Crippen LogP contribution in [0.3, 0.4) is 0 Å². The minimum absolute atomic E-state index is 0.122. The molecule has 0 aliphatic heterocycles. The Hall–Kier alpha value is -3.65. The summed E-state index contributed by atoms with van der Waals surface area (Å²) in [6, 6.07) is 12.9. The Balaban J connectivity index is 1.48. The predicted molar refractivity (Wildman–Crippen MR) is 115 cm³/mol. The van der Waals surface area contributed by atoms with Gasteiger partial charge in [0.2, 0.25) is 0 Å². The highest BCUT2D eigenvalue weighted by Gasteiger charge is 2.11. The molecule has 1 amide bonds. The quantitative estimate of drug-likeness (QED) is 0.498. The number of rotatable bonds is 6. The Morgan fingerprint density at radius 1 is 1.16 bits per heavy atom. The van der Waals surface area contributed by atoms with Crippen molar-refractivity contribution in [1.82, 2.24) is 19.5 Å². The molecule has 0 aliphatic rings. The standard InChI is InChI=1S/C22H18ClFN4O3/c1-31-16-5-2-14(3-6-16)19-13-20-22(30)27(10-11-28(20)26-19)9-8-25-21(29)15-4-7-18(24)17(23)12-15/h2-7,10-13H,8-9H2,1H3,(H,25,29). The van der Waals surface area contributed by atoms with Crippen LogP contribution in [0.15, 0.2) is 65.7 Å². The zero-order chi connectivity index (χ0) is 22.0. The van der Waals surface area contributed by atoms with Gasteiger partial charge in [-0.25, -0.2) is 8.91 Å². The van der Waals surface area contributed by atoms with E-state index in [1.54, 1.807) is 25.6 Å². The van der Waals surface area contributed by atoms with Gasteiger partial charge < -0.3 is 14.6 Å². The molecule has 9 heteroatoms. The fourth-order valence-electron chi connectivity index (χ4n) is 3.13. The average molecular weight is 441 g/mol. The lowest BCUT2D eigenvalue weighted by Crippen LogP contribution is -2.31. The number of methoxy groups -OCH3 is 1. The van der Waals surface area contributed by atoms with Crippen LogP contribution in [0.5, 0.6) is 5.75 Å². The zero-order valence-corrected chi connectivity index (χ0v) is 17.3. The maximum absolute atomic E-state index is 13.2. The van der Waals surface area contributed by atoms with Crippen LogP contribution in [0, 0.1) is 5.82 Å². The number of aromatic nitrogens is 3. The van der Waals surface area contributed by atoms with E-state index in [-0.39, 0.29) is 29.2 Å². The molecule has 2 heterocycles. The van der Waals surface area contributed by atoms with Crippen LogP contribution in [0.25, 0.3) is 16.8 Å². The van der Waals surface area contributed by atoms with Crippen LogP contribution < -0.4 is 15.6 Å². The van der Waals surface area contributed by atoms with Crippen molar-refractivity contribution in [2.75, 3.05) is 13.7 Å². The molecule has 0 unspecified atom stereocenters. The lowest BCUT2D eigenvalue weighted by Gasteiger charge is -2.08. The van der Waals surface area contributed by atoms with E-state index in [1.165, 1.54) is 21.2 Å². The number of carbonyl (C=O) groups excluding carboxylic acids is 1. The smallest absolute Gasteiger partial charge is 0.276 e. The Morgan fingerprint density at radius 2 is 1.94 bits per heavy atom. The lowest BCUT2D eigenvalue weighted by atomic mass is 10.1. The Morgan fingerprint density at radius 3 is 2.65 bits per heavy atom. The molecule has 2 aromatic heterocycles. The van der Waals surface area contributed by atoms with Crippen molar-refractivity contribution in [2.45, 2.75) is 6.54 Å². The molecule has 0 atom stereocenters. The topological polar surface area (TPSA) is 77.6 Å². The lowest BCUT2D eigenvalue weighted by molar-refractivity contribution is 0.0952. The summed E-state index contributed by atoms with van der Waals surface area (Å²) in [5.74, 6) is -0.255. The number of carbonyl (C=O) groups is 1. The minimum atomic E-state index is -0.590. The van der Waals surface area contributed by atoms with E-state index >= 15 is 0 Å². The maximum atomic E-state index is 13.2. The third kappa shape index (κ3) is 4.29. The fraction of sp³-hybridized carbons (Fsp3) is 0.136. The van der Waals surface area contributed by atoms with Gasteiger partial charge in [-0.2, -0.15) is 5.10 Å². The second kappa shape index (κ2) is 8.61. The van der Waals surface area contributed by atoms with Gasteiger partial charge >= 0.3 is 0 Å². The van der Waals surface area contributed by atoms with Gasteiger partial charge in [0.25, 0.3) is 11.5 Å². The molecule has 158 valence electrons. The van der Waals surface area contributed by atoms with E-state index in [0.29, 0.717) is 11.2 Å². The molecule has 4 rings (SSSR count). The van der Waals surface area contributed by atoms with Gasteiger partial charge in [0.1, 0.15) is 17.1 Å². The molecule has 0 saturated carbocycles. The highest BCUT2D eigenvalue weighted by atomic mass is 35.5. The van der Waals surface area contributed by atoms with Crippen molar-refractivity contribution < 1.29 is 13.9 Å². The number of fused-ring (bicyclic) bond motifs is 1. The summed E-state index contributed by atoms with van der Waals surface area (Å²) in [6.45, 7) is 0.475. The van der Waals surface area contributed by atoms with Gasteiger partial charge in [-0.15, -0.1) is 0 Å². The van der Waals surface area contributed by atoms with E-state index in [0.717, 1.165) is 17.4 Å². The number of nitrogens with zero attached hydrogens (tertiary/aromatic N) is 3. The molecule has 0 bridgehead atoms. The largest absolute Gasteiger partial charge is 0.497 e. The number of hydrogen-bond donors (Lipinski definition) is 1. The van der Waals surface area contributed by atoms with Crippen molar-refractivity contribution in [3.8, 4) is 17.0 Å². The van der Waals surface area contributed by atoms with Crippen molar-refractivity contribution in [2.24, 2.45) is 0 Å². The molecule has 2 aromatic carbocycles. The van der Waals surface area contributed by atoms with Gasteiger partial charge in [0.05, 0.1) is 17.8 Å². The molecule has 1 N–H and O–H groups in total. The van der Waals surface area contributed by atoms with E-state index in [1.807, 2.05) is 24.3 Å². The molecule has 7 nitrogen and oxygen atoms in total. The van der Waals surface area contributed by atoms with Gasteiger partial charge in [0.15, 0.2) is 0 Å². The molecule has 0 saturated heterocycles. The monoisotopic (exact) mass is 440 g/mol. The Kier molecular flexibility index (Phi) is 5.73. The molecule has 0 aliphatic carbocycles. The number of amides is 1. The van der Waals surface area contributed by atoms with Gasteiger partial charge in [-0.3, -0.25) is 9.59 Å². The van der Waals surface area contributed by atoms with Crippen molar-refractivity contribution in [3.63, 3.8) is 0 Å². The van der Waals surface area contributed by atoms with Crippen molar-refractivity contribution in [1.29, 1.82) is 0 Å². The maximum Gasteiger partial charge on any atom is 0.276 e. The highest BCUT2D eigenvalue weighted by Crippen LogP contribution is 2.21. The average Bonchev–Trinajstić information content (AvgIpc) is 3.22. The molecular weight excluding hydrogens is 423 g/mol. The summed E-state index contributed by atoms with van der Waals surface area (Å²) in [4.78, 5) is 25.0. The van der Waals surface area contributed by atoms with Gasteiger partial charge in [-0.1, -0.05) is 11.6 Å². The van der Waals surface area contributed by atoms with E-state index < -0.39 is 11.7 Å². The number of nitrogens with one attached hydrogen (secondary N) is 1. The summed E-state index contributed by atoms with van der Waals surface area (Å²) >= 11 is 5.71. The normalized spacial score (nSPS) is 10.9. The van der Waals surface area contributed by atoms with Crippen LogP contribution >= 0.6 is 11.6 Å². The Bertz CT molecular complexity index is 1310. The molecule has 0 radical (unpaired) electrons. The summed E-state index contributed by atoms with van der Waals surface area (Å²) in [5.41, 5.74) is 1.97.